The minimum absolute atomic E-state index is 0.308. The van der Waals surface area contributed by atoms with Gasteiger partial charge in [-0.2, -0.15) is 0 Å². The predicted molar refractivity (Wildman–Crippen MR) is 144 cm³/mol. The second-order valence-corrected chi connectivity index (χ2v) is 9.56. The third kappa shape index (κ3) is 12.3. The van der Waals surface area contributed by atoms with Crippen LogP contribution < -0.4 is 4.74 Å². The number of benzene rings is 2. The third-order valence-electron chi connectivity index (χ3n) is 6.59. The Labute approximate surface area is 207 Å². The molecule has 34 heavy (non-hydrogen) atoms. The molecule has 0 saturated carbocycles. The lowest BCUT2D eigenvalue weighted by atomic mass is 10.0. The zero-order valence-corrected chi connectivity index (χ0v) is 21.4. The van der Waals surface area contributed by atoms with Crippen LogP contribution in [0.3, 0.4) is 0 Å². The van der Waals surface area contributed by atoms with Gasteiger partial charge in [-0.3, -0.25) is 0 Å². The van der Waals surface area contributed by atoms with E-state index < -0.39 is 5.97 Å². The van der Waals surface area contributed by atoms with Crippen molar-refractivity contribution in [2.45, 2.75) is 110 Å². The molecule has 0 heterocycles. The van der Waals surface area contributed by atoms with Gasteiger partial charge in [0.05, 0.1) is 12.2 Å². The first-order valence-electron chi connectivity index (χ1n) is 13.8. The van der Waals surface area contributed by atoms with Crippen molar-refractivity contribution in [2.24, 2.45) is 0 Å². The minimum Gasteiger partial charge on any atom is -0.494 e. The first-order valence-corrected chi connectivity index (χ1v) is 13.8. The Bertz CT molecular complexity index is 764. The summed E-state index contributed by atoms with van der Waals surface area (Å²) in [5, 5.41) is 9.01. The van der Waals surface area contributed by atoms with Gasteiger partial charge in [0.2, 0.25) is 0 Å². The van der Waals surface area contributed by atoms with E-state index in [9.17, 15) is 4.79 Å². The van der Waals surface area contributed by atoms with Gasteiger partial charge in [-0.05, 0) is 41.8 Å². The van der Waals surface area contributed by atoms with Crippen molar-refractivity contribution in [3.63, 3.8) is 0 Å². The molecule has 2 rings (SSSR count). The minimum atomic E-state index is -0.899. The van der Waals surface area contributed by atoms with E-state index in [0.717, 1.165) is 29.9 Å². The highest BCUT2D eigenvalue weighted by Crippen LogP contribution is 2.23. The molecule has 2 aromatic rings. The van der Waals surface area contributed by atoms with E-state index in [0.29, 0.717) is 5.56 Å². The third-order valence-corrected chi connectivity index (χ3v) is 6.59. The normalized spacial score (nSPS) is 11.0. The molecule has 0 amide bonds. The summed E-state index contributed by atoms with van der Waals surface area (Å²) in [6.45, 7) is 3.05. The molecule has 0 unspecified atom stereocenters. The maximum Gasteiger partial charge on any atom is 0.335 e. The highest BCUT2D eigenvalue weighted by molar-refractivity contribution is 5.88. The maximum absolute atomic E-state index is 11.0. The lowest BCUT2D eigenvalue weighted by Gasteiger charge is -2.08. The number of unbranched alkanes of at least 4 members (excludes halogenated alkanes) is 15. The van der Waals surface area contributed by atoms with Crippen molar-refractivity contribution in [2.75, 3.05) is 6.61 Å². The molecule has 0 aliphatic rings. The SMILES string of the molecule is CCCCCCCCCCCCCCCCCCOc1ccc(-c2ccc(C(=O)O)cc2)cc1. The van der Waals surface area contributed by atoms with Crippen LogP contribution in [0.5, 0.6) is 5.75 Å². The van der Waals surface area contributed by atoms with Gasteiger partial charge >= 0.3 is 5.97 Å². The Kier molecular flexibility index (Phi) is 14.9. The molecule has 0 saturated heterocycles. The maximum atomic E-state index is 11.0. The zero-order chi connectivity index (χ0) is 24.3. The lowest BCUT2D eigenvalue weighted by molar-refractivity contribution is 0.0697. The van der Waals surface area contributed by atoms with Crippen LogP contribution in [-0.2, 0) is 0 Å². The monoisotopic (exact) mass is 466 g/mol. The molecular formula is C31H46O3. The molecule has 0 spiro atoms. The fourth-order valence-electron chi connectivity index (χ4n) is 4.39. The average Bonchev–Trinajstić information content (AvgIpc) is 2.86. The summed E-state index contributed by atoms with van der Waals surface area (Å²) in [7, 11) is 0. The van der Waals surface area contributed by atoms with Crippen LogP contribution in [0.15, 0.2) is 48.5 Å². The number of aromatic carboxylic acids is 1. The first kappa shape index (κ1) is 28.0. The summed E-state index contributed by atoms with van der Waals surface area (Å²) in [5.74, 6) is -0.00347. The van der Waals surface area contributed by atoms with E-state index in [1.165, 1.54) is 96.3 Å². The number of hydrogen-bond acceptors (Lipinski definition) is 2. The van der Waals surface area contributed by atoms with Gasteiger partial charge in [-0.1, -0.05) is 128 Å². The highest BCUT2D eigenvalue weighted by Gasteiger charge is 2.04. The Balaban J connectivity index is 1.41. The van der Waals surface area contributed by atoms with Crippen LogP contribution in [-0.4, -0.2) is 17.7 Å². The van der Waals surface area contributed by atoms with Gasteiger partial charge in [0, 0.05) is 0 Å². The molecule has 0 bridgehead atoms. The van der Waals surface area contributed by atoms with Crippen molar-refractivity contribution in [1.29, 1.82) is 0 Å². The van der Waals surface area contributed by atoms with Gasteiger partial charge < -0.3 is 9.84 Å². The summed E-state index contributed by atoms with van der Waals surface area (Å²) in [4.78, 5) is 11.0. The molecule has 0 atom stereocenters. The number of carboxylic acid groups (broad SMARTS) is 1. The van der Waals surface area contributed by atoms with Gasteiger partial charge in [0.25, 0.3) is 0 Å². The molecule has 0 radical (unpaired) electrons. The van der Waals surface area contributed by atoms with Crippen molar-refractivity contribution < 1.29 is 14.6 Å². The van der Waals surface area contributed by atoms with E-state index in [-0.39, 0.29) is 0 Å². The molecule has 2 aromatic carbocycles. The van der Waals surface area contributed by atoms with Gasteiger partial charge in [-0.15, -0.1) is 0 Å². The molecular weight excluding hydrogens is 420 g/mol. The number of ether oxygens (including phenoxy) is 1. The summed E-state index contributed by atoms with van der Waals surface area (Å²) in [5.41, 5.74) is 2.38. The van der Waals surface area contributed by atoms with Crippen LogP contribution in [0.2, 0.25) is 0 Å². The van der Waals surface area contributed by atoms with Crippen LogP contribution >= 0.6 is 0 Å². The number of rotatable bonds is 20. The van der Waals surface area contributed by atoms with E-state index in [1.807, 2.05) is 36.4 Å². The zero-order valence-electron chi connectivity index (χ0n) is 21.4. The number of hydrogen-bond donors (Lipinski definition) is 1. The Hall–Kier alpha value is -2.29. The first-order chi connectivity index (χ1) is 16.7. The molecule has 3 nitrogen and oxygen atoms in total. The molecule has 188 valence electrons. The molecule has 0 fully saturated rings. The second kappa shape index (κ2) is 18.1. The fraction of sp³-hybridized carbons (Fsp3) is 0.581. The van der Waals surface area contributed by atoms with Crippen molar-refractivity contribution in [3.8, 4) is 16.9 Å². The Morgan fingerprint density at radius 3 is 1.38 bits per heavy atom. The molecule has 1 N–H and O–H groups in total. The Morgan fingerprint density at radius 2 is 0.971 bits per heavy atom. The van der Waals surface area contributed by atoms with Crippen LogP contribution in [0.1, 0.15) is 120 Å². The fourth-order valence-corrected chi connectivity index (χ4v) is 4.39. The molecule has 0 aliphatic carbocycles. The van der Waals surface area contributed by atoms with E-state index in [1.54, 1.807) is 12.1 Å². The standard InChI is InChI=1S/C31H46O3/c1-2-3-4-5-6-7-8-9-10-11-12-13-14-15-16-17-26-34-30-24-22-28(23-25-30)27-18-20-29(21-19-27)31(32)33/h18-25H,2-17,26H2,1H3,(H,32,33). The quantitative estimate of drug-likeness (QED) is 0.198. The van der Waals surface area contributed by atoms with E-state index >= 15 is 0 Å². The van der Waals surface area contributed by atoms with Crippen molar-refractivity contribution in [1.82, 2.24) is 0 Å². The highest BCUT2D eigenvalue weighted by atomic mass is 16.5. The van der Waals surface area contributed by atoms with Crippen LogP contribution in [0.4, 0.5) is 0 Å². The second-order valence-electron chi connectivity index (χ2n) is 9.56. The molecule has 0 aliphatic heterocycles. The smallest absolute Gasteiger partial charge is 0.335 e. The van der Waals surface area contributed by atoms with Crippen molar-refractivity contribution in [3.05, 3.63) is 54.1 Å². The molecule has 0 aromatic heterocycles. The topological polar surface area (TPSA) is 46.5 Å². The summed E-state index contributed by atoms with van der Waals surface area (Å²) < 4.78 is 5.89. The van der Waals surface area contributed by atoms with E-state index in [2.05, 4.69) is 6.92 Å². The Morgan fingerprint density at radius 1 is 0.588 bits per heavy atom. The lowest BCUT2D eigenvalue weighted by Crippen LogP contribution is -1.97. The summed E-state index contributed by atoms with van der Waals surface area (Å²) >= 11 is 0. The largest absolute Gasteiger partial charge is 0.494 e. The summed E-state index contributed by atoms with van der Waals surface area (Å²) in [6.07, 6.45) is 22.0. The number of carbonyl (C=O) groups is 1. The number of carboxylic acids is 1. The average molecular weight is 467 g/mol. The van der Waals surface area contributed by atoms with Crippen LogP contribution in [0, 0.1) is 0 Å². The molecule has 3 heteroatoms. The predicted octanol–water partition coefficient (Wildman–Crippen LogP) is 9.69. The van der Waals surface area contributed by atoms with E-state index in [4.69, 9.17) is 9.84 Å². The summed E-state index contributed by atoms with van der Waals surface area (Å²) in [6, 6.07) is 15.0. The van der Waals surface area contributed by atoms with Gasteiger partial charge in [-0.25, -0.2) is 4.79 Å². The van der Waals surface area contributed by atoms with Gasteiger partial charge in [0.1, 0.15) is 5.75 Å². The van der Waals surface area contributed by atoms with Crippen LogP contribution in [0.25, 0.3) is 11.1 Å². The van der Waals surface area contributed by atoms with Crippen molar-refractivity contribution >= 4 is 5.97 Å². The van der Waals surface area contributed by atoms with Gasteiger partial charge in [0.15, 0.2) is 0 Å².